The van der Waals surface area contributed by atoms with Crippen LogP contribution >= 0.6 is 15.9 Å². The van der Waals surface area contributed by atoms with E-state index >= 15 is 0 Å². The van der Waals surface area contributed by atoms with Crippen LogP contribution in [0.4, 0.5) is 5.69 Å². The summed E-state index contributed by atoms with van der Waals surface area (Å²) in [5, 5.41) is 0. The van der Waals surface area contributed by atoms with Crippen molar-refractivity contribution in [3.8, 4) is 0 Å². The third-order valence-electron chi connectivity index (χ3n) is 3.17. The SMILES string of the molecule is CC1CS(=O)(=O)CCN1S(=O)(=O)c1cc(Br)ccc1N. The Balaban J connectivity index is 2.43. The average molecular weight is 383 g/mol. The van der Waals surface area contributed by atoms with Gasteiger partial charge >= 0.3 is 0 Å². The summed E-state index contributed by atoms with van der Waals surface area (Å²) in [7, 11) is -6.97. The van der Waals surface area contributed by atoms with Crippen LogP contribution in [0.1, 0.15) is 6.92 Å². The monoisotopic (exact) mass is 382 g/mol. The van der Waals surface area contributed by atoms with Gasteiger partial charge in [-0.1, -0.05) is 15.9 Å². The van der Waals surface area contributed by atoms with Gasteiger partial charge < -0.3 is 5.73 Å². The van der Waals surface area contributed by atoms with Crippen molar-refractivity contribution in [3.63, 3.8) is 0 Å². The smallest absolute Gasteiger partial charge is 0.245 e. The maximum Gasteiger partial charge on any atom is 0.245 e. The molecule has 1 unspecified atom stereocenters. The molecule has 0 saturated carbocycles. The number of rotatable bonds is 2. The summed E-state index contributed by atoms with van der Waals surface area (Å²) >= 11 is 3.21. The van der Waals surface area contributed by atoms with E-state index in [0.717, 1.165) is 0 Å². The summed E-state index contributed by atoms with van der Waals surface area (Å²) in [5.74, 6) is -0.329. The van der Waals surface area contributed by atoms with Crippen molar-refractivity contribution in [2.24, 2.45) is 0 Å². The molecule has 0 aliphatic carbocycles. The highest BCUT2D eigenvalue weighted by molar-refractivity contribution is 9.10. The number of anilines is 1. The summed E-state index contributed by atoms with van der Waals surface area (Å²) in [4.78, 5) is -0.00183. The molecule has 1 aliphatic rings. The second-order valence-electron chi connectivity index (χ2n) is 4.76. The van der Waals surface area contributed by atoms with Gasteiger partial charge in [-0.3, -0.25) is 0 Å². The van der Waals surface area contributed by atoms with Gasteiger partial charge in [-0.2, -0.15) is 4.31 Å². The number of sulfonamides is 1. The molecule has 20 heavy (non-hydrogen) atoms. The van der Waals surface area contributed by atoms with Crippen LogP contribution in [0.25, 0.3) is 0 Å². The van der Waals surface area contributed by atoms with Crippen molar-refractivity contribution in [2.45, 2.75) is 17.9 Å². The van der Waals surface area contributed by atoms with Crippen molar-refractivity contribution >= 4 is 41.5 Å². The quantitative estimate of drug-likeness (QED) is 0.764. The van der Waals surface area contributed by atoms with E-state index < -0.39 is 25.9 Å². The molecular formula is C11H15BrN2O4S2. The fraction of sp³-hybridized carbons (Fsp3) is 0.455. The van der Waals surface area contributed by atoms with Crippen molar-refractivity contribution < 1.29 is 16.8 Å². The van der Waals surface area contributed by atoms with Gasteiger partial charge in [0.25, 0.3) is 0 Å². The maximum absolute atomic E-state index is 12.6. The molecule has 1 aromatic rings. The molecule has 6 nitrogen and oxygen atoms in total. The van der Waals surface area contributed by atoms with E-state index in [4.69, 9.17) is 5.73 Å². The van der Waals surface area contributed by atoms with Crippen molar-refractivity contribution in [1.82, 2.24) is 4.31 Å². The number of hydrogen-bond acceptors (Lipinski definition) is 5. The number of sulfone groups is 1. The van der Waals surface area contributed by atoms with Crippen LogP contribution in [0.5, 0.6) is 0 Å². The second-order valence-corrected chi connectivity index (χ2v) is 9.76. The number of nitrogens with two attached hydrogens (primary N) is 1. The molecule has 0 amide bonds. The van der Waals surface area contributed by atoms with Gasteiger partial charge in [0.15, 0.2) is 9.84 Å². The number of hydrogen-bond donors (Lipinski definition) is 1. The largest absolute Gasteiger partial charge is 0.398 e. The highest BCUT2D eigenvalue weighted by Crippen LogP contribution is 2.28. The molecule has 0 radical (unpaired) electrons. The van der Waals surface area contributed by atoms with E-state index in [1.165, 1.54) is 16.4 Å². The highest BCUT2D eigenvalue weighted by Gasteiger charge is 2.37. The van der Waals surface area contributed by atoms with Crippen LogP contribution in [0.3, 0.4) is 0 Å². The molecule has 0 bridgehead atoms. The second kappa shape index (κ2) is 5.28. The highest BCUT2D eigenvalue weighted by atomic mass is 79.9. The first kappa shape index (κ1) is 15.7. The summed E-state index contributed by atoms with van der Waals surface area (Å²) in [5.41, 5.74) is 5.88. The number of nitrogen functional groups attached to an aromatic ring is 1. The van der Waals surface area contributed by atoms with Gasteiger partial charge in [-0.15, -0.1) is 0 Å². The van der Waals surface area contributed by atoms with Gasteiger partial charge in [-0.25, -0.2) is 16.8 Å². The molecule has 0 aromatic heterocycles. The van der Waals surface area contributed by atoms with E-state index in [-0.39, 0.29) is 28.6 Å². The Morgan fingerprint density at radius 1 is 1.40 bits per heavy atom. The van der Waals surface area contributed by atoms with E-state index in [2.05, 4.69) is 15.9 Å². The molecule has 1 aliphatic heterocycles. The number of halogens is 1. The summed E-state index contributed by atoms with van der Waals surface area (Å²) < 4.78 is 50.1. The normalized spacial score (nSPS) is 23.6. The minimum Gasteiger partial charge on any atom is -0.398 e. The Hall–Kier alpha value is -0.640. The molecule has 0 spiro atoms. The molecular weight excluding hydrogens is 368 g/mol. The Morgan fingerprint density at radius 3 is 2.65 bits per heavy atom. The molecule has 2 rings (SSSR count). The lowest BCUT2D eigenvalue weighted by molar-refractivity contribution is 0.357. The van der Waals surface area contributed by atoms with Gasteiger partial charge in [0, 0.05) is 17.1 Å². The van der Waals surface area contributed by atoms with Gasteiger partial charge in [0.2, 0.25) is 10.0 Å². The zero-order valence-electron chi connectivity index (χ0n) is 10.8. The third-order valence-corrected chi connectivity index (χ3v) is 7.53. The van der Waals surface area contributed by atoms with E-state index in [0.29, 0.717) is 4.47 Å². The van der Waals surface area contributed by atoms with Crippen LogP contribution in [-0.4, -0.2) is 45.2 Å². The standard InChI is InChI=1S/C11H15BrN2O4S2/c1-8-7-19(15,16)5-4-14(8)20(17,18)11-6-9(12)2-3-10(11)13/h2-3,6,8H,4-5,7,13H2,1H3. The summed E-state index contributed by atoms with van der Waals surface area (Å²) in [6, 6.07) is 3.98. The van der Waals surface area contributed by atoms with Gasteiger partial charge in [-0.05, 0) is 25.1 Å². The van der Waals surface area contributed by atoms with Crippen molar-refractivity contribution in [2.75, 3.05) is 23.8 Å². The topological polar surface area (TPSA) is 97.5 Å². The molecule has 1 atom stereocenters. The first-order valence-electron chi connectivity index (χ1n) is 5.91. The Kier molecular flexibility index (Phi) is 4.16. The third kappa shape index (κ3) is 3.00. The fourth-order valence-electron chi connectivity index (χ4n) is 2.20. The molecule has 112 valence electrons. The molecule has 1 saturated heterocycles. The maximum atomic E-state index is 12.6. The van der Waals surface area contributed by atoms with Crippen LogP contribution < -0.4 is 5.73 Å². The summed E-state index contributed by atoms with van der Waals surface area (Å²) in [6.07, 6.45) is 0. The van der Waals surface area contributed by atoms with Gasteiger partial charge in [0.1, 0.15) is 4.90 Å². The van der Waals surface area contributed by atoms with Crippen LogP contribution in [0.15, 0.2) is 27.6 Å². The lowest BCUT2D eigenvalue weighted by atomic mass is 10.3. The first-order valence-corrected chi connectivity index (χ1v) is 9.96. The molecule has 1 fully saturated rings. The summed E-state index contributed by atoms with van der Waals surface area (Å²) in [6.45, 7) is 1.54. The van der Waals surface area contributed by atoms with Gasteiger partial charge in [0.05, 0.1) is 17.2 Å². The van der Waals surface area contributed by atoms with Crippen LogP contribution in [0.2, 0.25) is 0 Å². The minimum atomic E-state index is -3.80. The lowest BCUT2D eigenvalue weighted by Gasteiger charge is -2.32. The number of nitrogens with zero attached hydrogens (tertiary/aromatic N) is 1. The minimum absolute atomic E-state index is 0.00183. The fourth-order valence-corrected chi connectivity index (χ4v) is 6.25. The Bertz CT molecular complexity index is 731. The van der Waals surface area contributed by atoms with Crippen LogP contribution in [0, 0.1) is 0 Å². The zero-order valence-corrected chi connectivity index (χ0v) is 14.0. The zero-order chi connectivity index (χ0) is 15.1. The Morgan fingerprint density at radius 2 is 2.05 bits per heavy atom. The molecule has 1 aromatic carbocycles. The molecule has 2 N–H and O–H groups in total. The molecule has 9 heteroatoms. The molecule has 1 heterocycles. The van der Waals surface area contributed by atoms with Crippen LogP contribution in [-0.2, 0) is 19.9 Å². The predicted octanol–water partition coefficient (Wildman–Crippen LogP) is 0.839. The number of benzene rings is 1. The van der Waals surface area contributed by atoms with E-state index in [9.17, 15) is 16.8 Å². The Labute approximate surface area is 127 Å². The van der Waals surface area contributed by atoms with Crippen molar-refractivity contribution in [3.05, 3.63) is 22.7 Å². The predicted molar refractivity (Wildman–Crippen MR) is 80.6 cm³/mol. The lowest BCUT2D eigenvalue weighted by Crippen LogP contribution is -2.49. The first-order chi connectivity index (χ1) is 9.13. The average Bonchev–Trinajstić information content (AvgIpc) is 2.30. The van der Waals surface area contributed by atoms with E-state index in [1.54, 1.807) is 13.0 Å². The van der Waals surface area contributed by atoms with Crippen molar-refractivity contribution in [1.29, 1.82) is 0 Å². The van der Waals surface area contributed by atoms with E-state index in [1.807, 2.05) is 0 Å².